The summed E-state index contributed by atoms with van der Waals surface area (Å²) >= 11 is -2.26. The molecule has 3 aromatic rings. The molecule has 1 atom stereocenters. The summed E-state index contributed by atoms with van der Waals surface area (Å²) in [4.78, 5) is 23.2. The lowest BCUT2D eigenvalue weighted by Gasteiger charge is -2.16. The summed E-state index contributed by atoms with van der Waals surface area (Å²) in [7, 11) is 1.75. The van der Waals surface area contributed by atoms with Crippen molar-refractivity contribution in [2.45, 2.75) is 11.3 Å². The largest absolute Gasteiger partial charge is 0.768 e. The van der Waals surface area contributed by atoms with E-state index in [9.17, 15) is 13.6 Å². The number of likely N-dealkylation sites (N-methyl/N-ethyl adjacent to an activating group) is 1. The molecule has 8 heteroatoms. The topological polar surface area (TPSA) is 98.2 Å². The van der Waals surface area contributed by atoms with Gasteiger partial charge >= 0.3 is 0 Å². The van der Waals surface area contributed by atoms with Crippen LogP contribution in [-0.2, 0) is 22.3 Å². The maximum absolute atomic E-state index is 12.4. The van der Waals surface area contributed by atoms with Crippen molar-refractivity contribution >= 4 is 34.3 Å². The van der Waals surface area contributed by atoms with Crippen molar-refractivity contribution in [2.75, 3.05) is 17.3 Å². The van der Waals surface area contributed by atoms with Crippen LogP contribution in [0.5, 0.6) is 0 Å². The van der Waals surface area contributed by atoms with Crippen molar-refractivity contribution in [1.82, 2.24) is 9.97 Å². The zero-order chi connectivity index (χ0) is 19.0. The van der Waals surface area contributed by atoms with Gasteiger partial charge < -0.3 is 14.8 Å². The lowest BCUT2D eigenvalue weighted by atomic mass is 10.1. The van der Waals surface area contributed by atoms with Crippen molar-refractivity contribution in [3.63, 3.8) is 0 Å². The second kappa shape index (κ2) is 6.90. The summed E-state index contributed by atoms with van der Waals surface area (Å²) < 4.78 is 21.9. The first-order valence-corrected chi connectivity index (χ1v) is 9.28. The molecule has 0 saturated carbocycles. The highest BCUT2D eigenvalue weighted by Gasteiger charge is 2.24. The standard InChI is InChI=1S/C19H16N4O3S/c1-23-16-5-3-2-4-15(16)18-12(10-17(23)24)11-20-19(22-18)21-13-6-8-14(9-7-13)27(25)26/h2-9,11H,10H2,1H3,(H,25,26)(H,20,21,22)/p-1. The number of aromatic nitrogens is 2. The summed E-state index contributed by atoms with van der Waals surface area (Å²) in [5, 5.41) is 3.07. The smallest absolute Gasteiger partial charge is 0.231 e. The van der Waals surface area contributed by atoms with Gasteiger partial charge in [0.05, 0.1) is 17.8 Å². The SMILES string of the molecule is CN1C(=O)Cc2cnc(Nc3ccc(S(=O)[O-])cc3)nc2-c2ccccc21. The molecule has 2 heterocycles. The van der Waals surface area contributed by atoms with Gasteiger partial charge in [-0.2, -0.15) is 0 Å². The van der Waals surface area contributed by atoms with E-state index in [2.05, 4.69) is 15.3 Å². The molecule has 1 aliphatic rings. The van der Waals surface area contributed by atoms with Crippen LogP contribution >= 0.6 is 0 Å². The average molecular weight is 379 g/mol. The number of nitrogens with one attached hydrogen (secondary N) is 1. The molecule has 136 valence electrons. The van der Waals surface area contributed by atoms with Gasteiger partial charge in [0.2, 0.25) is 11.9 Å². The summed E-state index contributed by atoms with van der Waals surface area (Å²) in [6.45, 7) is 0. The van der Waals surface area contributed by atoms with E-state index in [1.807, 2.05) is 24.3 Å². The molecule has 0 spiro atoms. The number of nitrogens with zero attached hydrogens (tertiary/aromatic N) is 3. The Morgan fingerprint density at radius 3 is 2.63 bits per heavy atom. The minimum absolute atomic E-state index is 0.0216. The molecule has 0 aliphatic carbocycles. The first-order chi connectivity index (χ1) is 13.0. The molecule has 2 aromatic carbocycles. The fraction of sp³-hybridized carbons (Fsp3) is 0.105. The molecule has 1 amide bonds. The van der Waals surface area contributed by atoms with Crippen molar-refractivity contribution in [3.8, 4) is 11.3 Å². The van der Waals surface area contributed by atoms with Crippen LogP contribution in [0.15, 0.2) is 59.6 Å². The Hall–Kier alpha value is -3.10. The van der Waals surface area contributed by atoms with Gasteiger partial charge in [-0.25, -0.2) is 9.97 Å². The van der Waals surface area contributed by atoms with Crippen LogP contribution in [0.1, 0.15) is 5.56 Å². The van der Waals surface area contributed by atoms with Crippen LogP contribution in [-0.4, -0.2) is 31.7 Å². The summed E-state index contributed by atoms with van der Waals surface area (Å²) in [5.41, 5.74) is 3.80. The zero-order valence-corrected chi connectivity index (χ0v) is 15.2. The quantitative estimate of drug-likeness (QED) is 0.703. The van der Waals surface area contributed by atoms with Gasteiger partial charge in [0.25, 0.3) is 0 Å². The first-order valence-electron chi connectivity index (χ1n) is 8.21. The number of anilines is 3. The monoisotopic (exact) mass is 379 g/mol. The summed E-state index contributed by atoms with van der Waals surface area (Å²) in [6, 6.07) is 13.9. The van der Waals surface area contributed by atoms with E-state index in [0.29, 0.717) is 17.3 Å². The fourth-order valence-electron chi connectivity index (χ4n) is 2.99. The number of hydrogen-bond acceptors (Lipinski definition) is 6. The van der Waals surface area contributed by atoms with E-state index in [1.165, 1.54) is 12.1 Å². The minimum Gasteiger partial charge on any atom is -0.768 e. The molecule has 1 aromatic heterocycles. The van der Waals surface area contributed by atoms with Crippen molar-refractivity contribution < 1.29 is 13.6 Å². The normalized spacial score (nSPS) is 14.1. The fourth-order valence-corrected chi connectivity index (χ4v) is 3.35. The van der Waals surface area contributed by atoms with Crippen LogP contribution in [0, 0.1) is 0 Å². The molecular formula is C19H15N4O3S-. The molecule has 7 nitrogen and oxygen atoms in total. The van der Waals surface area contributed by atoms with Crippen molar-refractivity contribution in [1.29, 1.82) is 0 Å². The highest BCUT2D eigenvalue weighted by Crippen LogP contribution is 2.35. The predicted molar refractivity (Wildman–Crippen MR) is 101 cm³/mol. The van der Waals surface area contributed by atoms with Crippen molar-refractivity contribution in [2.24, 2.45) is 0 Å². The molecule has 1 N–H and O–H groups in total. The zero-order valence-electron chi connectivity index (χ0n) is 14.4. The number of fused-ring (bicyclic) bond motifs is 3. The van der Waals surface area contributed by atoms with Crippen LogP contribution < -0.4 is 10.2 Å². The van der Waals surface area contributed by atoms with E-state index < -0.39 is 11.1 Å². The van der Waals surface area contributed by atoms with E-state index in [0.717, 1.165) is 16.8 Å². The van der Waals surface area contributed by atoms with Gasteiger partial charge in [0, 0.05) is 35.0 Å². The third-order valence-electron chi connectivity index (χ3n) is 4.40. The van der Waals surface area contributed by atoms with Crippen molar-refractivity contribution in [3.05, 3.63) is 60.3 Å². The Kier molecular flexibility index (Phi) is 4.43. The average Bonchev–Trinajstić information content (AvgIpc) is 2.78. The highest BCUT2D eigenvalue weighted by atomic mass is 32.2. The third-order valence-corrected chi connectivity index (χ3v) is 5.06. The van der Waals surface area contributed by atoms with Crippen LogP contribution in [0.25, 0.3) is 11.3 Å². The maximum Gasteiger partial charge on any atom is 0.231 e. The van der Waals surface area contributed by atoms with Gasteiger partial charge in [-0.1, -0.05) is 18.2 Å². The van der Waals surface area contributed by atoms with Gasteiger partial charge in [-0.15, -0.1) is 0 Å². The summed E-state index contributed by atoms with van der Waals surface area (Å²) in [5.74, 6) is 0.350. The molecule has 4 rings (SSSR count). The molecule has 0 bridgehead atoms. The van der Waals surface area contributed by atoms with Gasteiger partial charge in [0.1, 0.15) is 0 Å². The molecule has 27 heavy (non-hydrogen) atoms. The maximum atomic E-state index is 12.4. The number of rotatable bonds is 3. The number of amides is 1. The molecule has 1 aliphatic heterocycles. The van der Waals surface area contributed by atoms with Crippen LogP contribution in [0.4, 0.5) is 17.3 Å². The van der Waals surface area contributed by atoms with E-state index in [4.69, 9.17) is 0 Å². The van der Waals surface area contributed by atoms with Crippen LogP contribution in [0.3, 0.4) is 0 Å². The predicted octanol–water partition coefficient (Wildman–Crippen LogP) is 2.64. The molecule has 0 radical (unpaired) electrons. The molecule has 0 saturated heterocycles. The van der Waals surface area contributed by atoms with Gasteiger partial charge in [0.15, 0.2) is 0 Å². The number of benzene rings is 2. The van der Waals surface area contributed by atoms with Gasteiger partial charge in [-0.3, -0.25) is 9.00 Å². The second-order valence-corrected chi connectivity index (χ2v) is 7.04. The summed E-state index contributed by atoms with van der Waals surface area (Å²) in [6.07, 6.45) is 1.88. The Bertz CT molecular complexity index is 1050. The van der Waals surface area contributed by atoms with E-state index >= 15 is 0 Å². The third kappa shape index (κ3) is 3.32. The number of carbonyl (C=O) groups excluding carboxylic acids is 1. The molecule has 1 unspecified atom stereocenters. The minimum atomic E-state index is -2.26. The molecular weight excluding hydrogens is 364 g/mol. The Morgan fingerprint density at radius 1 is 1.15 bits per heavy atom. The van der Waals surface area contributed by atoms with E-state index in [-0.39, 0.29) is 17.2 Å². The Balaban J connectivity index is 1.72. The second-order valence-electron chi connectivity index (χ2n) is 6.10. The number of carbonyl (C=O) groups is 1. The lowest BCUT2D eigenvalue weighted by Crippen LogP contribution is -2.26. The number of para-hydroxylation sites is 1. The number of hydrogen-bond donors (Lipinski definition) is 1. The van der Waals surface area contributed by atoms with E-state index in [1.54, 1.807) is 30.3 Å². The highest BCUT2D eigenvalue weighted by molar-refractivity contribution is 7.79. The van der Waals surface area contributed by atoms with Crippen LogP contribution in [0.2, 0.25) is 0 Å². The Labute approximate surface area is 158 Å². The first kappa shape index (κ1) is 17.3. The Morgan fingerprint density at radius 2 is 1.89 bits per heavy atom. The molecule has 0 fully saturated rings. The lowest BCUT2D eigenvalue weighted by molar-refractivity contribution is -0.117. The van der Waals surface area contributed by atoms with Gasteiger partial charge in [-0.05, 0) is 41.4 Å².